The molecule has 0 aliphatic heterocycles. The Morgan fingerprint density at radius 3 is 2.55 bits per heavy atom. The van der Waals surface area contributed by atoms with Crippen molar-refractivity contribution in [3.63, 3.8) is 0 Å². The fourth-order valence-corrected chi connectivity index (χ4v) is 2.00. The van der Waals surface area contributed by atoms with Crippen LogP contribution in [0, 0.1) is 0 Å². The second-order valence-corrected chi connectivity index (χ2v) is 5.00. The average Bonchev–Trinajstić information content (AvgIpc) is 2.54. The molecule has 5 N–H and O–H groups in total. The van der Waals surface area contributed by atoms with Crippen LogP contribution in [0.5, 0.6) is 0 Å². The third kappa shape index (κ3) is 4.66. The van der Waals surface area contributed by atoms with E-state index in [9.17, 15) is 4.79 Å². The molecule has 1 aromatic carbocycles. The second kappa shape index (κ2) is 7.70. The summed E-state index contributed by atoms with van der Waals surface area (Å²) in [6.45, 7) is 0.385. The van der Waals surface area contributed by atoms with Crippen LogP contribution in [-0.4, -0.2) is 34.1 Å². The number of rotatable bonds is 6. The third-order valence-electron chi connectivity index (χ3n) is 3.26. The quantitative estimate of drug-likeness (QED) is 0.509. The van der Waals surface area contributed by atoms with Gasteiger partial charge in [-0.15, -0.1) is 0 Å². The molecule has 6 nitrogen and oxygen atoms in total. The molecule has 114 valence electrons. The van der Waals surface area contributed by atoms with E-state index in [1.165, 1.54) is 0 Å². The van der Waals surface area contributed by atoms with E-state index in [-0.39, 0.29) is 5.91 Å². The first-order chi connectivity index (χ1) is 10.6. The molecule has 1 amide bonds. The van der Waals surface area contributed by atoms with Gasteiger partial charge in [-0.3, -0.25) is 9.78 Å². The van der Waals surface area contributed by atoms with Gasteiger partial charge in [-0.05, 0) is 29.1 Å². The highest BCUT2D eigenvalue weighted by Crippen LogP contribution is 2.02. The largest absolute Gasteiger partial charge is 0.488 e. The molecule has 0 aliphatic carbocycles. The van der Waals surface area contributed by atoms with Gasteiger partial charge in [-0.1, -0.05) is 30.3 Å². The van der Waals surface area contributed by atoms with Gasteiger partial charge in [0, 0.05) is 18.9 Å². The molecule has 0 radical (unpaired) electrons. The van der Waals surface area contributed by atoms with Crippen LogP contribution in [0.15, 0.2) is 48.8 Å². The SMILES string of the molecule is N[C@@H](Cc1ccc(B(O)O)cc1)C(=O)NCc1cccnc1. The Hall–Kier alpha value is -2.22. The standard InChI is InChI=1S/C15H18BN3O3/c17-14(8-11-3-5-13(6-4-11)16(21)22)15(20)19-10-12-2-1-7-18-9-12/h1-7,9,14,21-22H,8,10,17H2,(H,19,20)/t14-/m0/s1. The first-order valence-corrected chi connectivity index (χ1v) is 6.93. The van der Waals surface area contributed by atoms with E-state index in [2.05, 4.69) is 10.3 Å². The average molecular weight is 299 g/mol. The minimum atomic E-state index is -1.49. The zero-order valence-electron chi connectivity index (χ0n) is 12.0. The molecule has 0 bridgehead atoms. The highest BCUT2D eigenvalue weighted by atomic mass is 16.4. The Kier molecular flexibility index (Phi) is 5.65. The number of amides is 1. The van der Waals surface area contributed by atoms with Gasteiger partial charge in [-0.25, -0.2) is 0 Å². The van der Waals surface area contributed by atoms with Gasteiger partial charge in [0.05, 0.1) is 6.04 Å². The van der Waals surface area contributed by atoms with Gasteiger partial charge in [-0.2, -0.15) is 0 Å². The number of benzene rings is 1. The van der Waals surface area contributed by atoms with E-state index in [4.69, 9.17) is 15.8 Å². The Labute approximate surface area is 129 Å². The highest BCUT2D eigenvalue weighted by molar-refractivity contribution is 6.58. The van der Waals surface area contributed by atoms with E-state index in [1.807, 2.05) is 6.07 Å². The molecule has 1 aromatic heterocycles. The van der Waals surface area contributed by atoms with Crippen molar-refractivity contribution in [2.24, 2.45) is 5.73 Å². The van der Waals surface area contributed by atoms with Crippen molar-refractivity contribution in [2.75, 3.05) is 0 Å². The molecule has 0 saturated carbocycles. The van der Waals surface area contributed by atoms with Crippen LogP contribution in [0.3, 0.4) is 0 Å². The molecular formula is C15H18BN3O3. The van der Waals surface area contributed by atoms with Crippen molar-refractivity contribution >= 4 is 18.5 Å². The first kappa shape index (κ1) is 16.2. The molecule has 22 heavy (non-hydrogen) atoms. The second-order valence-electron chi connectivity index (χ2n) is 5.00. The summed E-state index contributed by atoms with van der Waals surface area (Å²) in [7, 11) is -1.49. The smallest absolute Gasteiger partial charge is 0.423 e. The van der Waals surface area contributed by atoms with E-state index in [1.54, 1.807) is 42.7 Å². The minimum Gasteiger partial charge on any atom is -0.423 e. The van der Waals surface area contributed by atoms with Crippen LogP contribution in [-0.2, 0) is 17.8 Å². The van der Waals surface area contributed by atoms with Crippen molar-refractivity contribution in [2.45, 2.75) is 19.0 Å². The predicted molar refractivity (Wildman–Crippen MR) is 84.0 cm³/mol. The van der Waals surface area contributed by atoms with Crippen molar-refractivity contribution in [1.82, 2.24) is 10.3 Å². The van der Waals surface area contributed by atoms with Crippen LogP contribution in [0.25, 0.3) is 0 Å². The Morgan fingerprint density at radius 1 is 1.23 bits per heavy atom. The molecule has 0 fully saturated rings. The molecule has 0 spiro atoms. The lowest BCUT2D eigenvalue weighted by Crippen LogP contribution is -2.41. The maximum atomic E-state index is 12.0. The Morgan fingerprint density at radius 2 is 1.95 bits per heavy atom. The minimum absolute atomic E-state index is 0.241. The lowest BCUT2D eigenvalue weighted by molar-refractivity contribution is -0.122. The number of carbonyl (C=O) groups is 1. The van der Waals surface area contributed by atoms with Crippen molar-refractivity contribution in [3.05, 3.63) is 59.9 Å². The van der Waals surface area contributed by atoms with Gasteiger partial charge in [0.15, 0.2) is 0 Å². The van der Waals surface area contributed by atoms with Crippen LogP contribution in [0.1, 0.15) is 11.1 Å². The Bertz CT molecular complexity index is 605. The van der Waals surface area contributed by atoms with Crippen molar-refractivity contribution in [1.29, 1.82) is 0 Å². The van der Waals surface area contributed by atoms with Crippen LogP contribution in [0.4, 0.5) is 0 Å². The Balaban J connectivity index is 1.85. The number of hydrogen-bond donors (Lipinski definition) is 4. The lowest BCUT2D eigenvalue weighted by Gasteiger charge is -2.12. The number of hydrogen-bond acceptors (Lipinski definition) is 5. The summed E-state index contributed by atoms with van der Waals surface area (Å²) in [6, 6.07) is 9.66. The van der Waals surface area contributed by atoms with E-state index >= 15 is 0 Å². The summed E-state index contributed by atoms with van der Waals surface area (Å²) < 4.78 is 0. The normalized spacial score (nSPS) is 11.8. The maximum absolute atomic E-state index is 12.0. The van der Waals surface area contributed by atoms with Crippen molar-refractivity contribution < 1.29 is 14.8 Å². The molecule has 2 aromatic rings. The number of aromatic nitrogens is 1. The third-order valence-corrected chi connectivity index (χ3v) is 3.26. The number of carbonyl (C=O) groups excluding carboxylic acids is 1. The summed E-state index contributed by atoms with van der Waals surface area (Å²) >= 11 is 0. The molecule has 0 aliphatic rings. The summed E-state index contributed by atoms with van der Waals surface area (Å²) in [5.41, 5.74) is 8.05. The van der Waals surface area contributed by atoms with E-state index in [0.717, 1.165) is 11.1 Å². The molecule has 7 heteroatoms. The van der Waals surface area contributed by atoms with Crippen LogP contribution < -0.4 is 16.5 Å². The monoisotopic (exact) mass is 299 g/mol. The highest BCUT2D eigenvalue weighted by Gasteiger charge is 2.15. The van der Waals surface area contributed by atoms with Crippen LogP contribution in [0.2, 0.25) is 0 Å². The van der Waals surface area contributed by atoms with Gasteiger partial charge in [0.25, 0.3) is 0 Å². The molecule has 2 rings (SSSR count). The fraction of sp³-hybridized carbons (Fsp3) is 0.200. The lowest BCUT2D eigenvalue weighted by atomic mass is 9.80. The number of pyridine rings is 1. The predicted octanol–water partition coefficient (Wildman–Crippen LogP) is -1.05. The molecule has 0 unspecified atom stereocenters. The van der Waals surface area contributed by atoms with Crippen molar-refractivity contribution in [3.8, 4) is 0 Å². The van der Waals surface area contributed by atoms with Gasteiger partial charge < -0.3 is 21.1 Å². The molecule has 1 heterocycles. The summed E-state index contributed by atoms with van der Waals surface area (Å²) in [5.74, 6) is -0.241. The number of nitrogens with one attached hydrogen (secondary N) is 1. The summed E-state index contributed by atoms with van der Waals surface area (Å²) in [6.07, 6.45) is 3.73. The molecule has 0 saturated heterocycles. The fourth-order valence-electron chi connectivity index (χ4n) is 2.00. The van der Waals surface area contributed by atoms with Gasteiger partial charge in [0.2, 0.25) is 5.91 Å². The van der Waals surface area contributed by atoms with Crippen LogP contribution >= 0.6 is 0 Å². The number of nitrogens with two attached hydrogens (primary N) is 1. The van der Waals surface area contributed by atoms with Gasteiger partial charge >= 0.3 is 7.12 Å². The zero-order chi connectivity index (χ0) is 15.9. The maximum Gasteiger partial charge on any atom is 0.488 e. The topological polar surface area (TPSA) is 108 Å². The number of nitrogens with zero attached hydrogens (tertiary/aromatic N) is 1. The zero-order valence-corrected chi connectivity index (χ0v) is 12.0. The molecule has 1 atom stereocenters. The van der Waals surface area contributed by atoms with E-state index in [0.29, 0.717) is 18.4 Å². The first-order valence-electron chi connectivity index (χ1n) is 6.93. The van der Waals surface area contributed by atoms with E-state index < -0.39 is 13.2 Å². The summed E-state index contributed by atoms with van der Waals surface area (Å²) in [5, 5.41) is 20.8. The molecular weight excluding hydrogens is 281 g/mol. The summed E-state index contributed by atoms with van der Waals surface area (Å²) in [4.78, 5) is 15.9. The van der Waals surface area contributed by atoms with Gasteiger partial charge in [0.1, 0.15) is 0 Å².